The molecule has 1 saturated heterocycles. The first-order valence-corrected chi connectivity index (χ1v) is 5.79. The Morgan fingerprint density at radius 1 is 1.38 bits per heavy atom. The van der Waals surface area contributed by atoms with Gasteiger partial charge in [-0.05, 0) is 18.4 Å². The van der Waals surface area contributed by atoms with E-state index in [1.807, 2.05) is 6.07 Å². The lowest BCUT2D eigenvalue weighted by molar-refractivity contribution is 0.116. The van der Waals surface area contributed by atoms with Crippen LogP contribution in [0.25, 0.3) is 0 Å². The first-order chi connectivity index (χ1) is 7.72. The molecule has 1 fully saturated rings. The average Bonchev–Trinajstić information content (AvgIpc) is 2.74. The van der Waals surface area contributed by atoms with E-state index in [4.69, 9.17) is 4.74 Å². The molecule has 4 heteroatoms. The maximum atomic E-state index is 5.45. The smallest absolute Gasteiger partial charge is 0.225 e. The van der Waals surface area contributed by atoms with Crippen LogP contribution in [0.4, 0.5) is 5.95 Å². The summed E-state index contributed by atoms with van der Waals surface area (Å²) in [6.07, 6.45) is 4.95. The van der Waals surface area contributed by atoms with Crippen LogP contribution in [0.2, 0.25) is 0 Å². The van der Waals surface area contributed by atoms with Crippen molar-refractivity contribution in [2.45, 2.75) is 32.4 Å². The maximum Gasteiger partial charge on any atom is 0.225 e. The van der Waals surface area contributed by atoms with Crippen molar-refractivity contribution < 1.29 is 4.74 Å². The van der Waals surface area contributed by atoms with Crippen molar-refractivity contribution in [1.29, 1.82) is 0 Å². The molecule has 2 atom stereocenters. The van der Waals surface area contributed by atoms with Gasteiger partial charge >= 0.3 is 0 Å². The zero-order valence-electron chi connectivity index (χ0n) is 10.1. The summed E-state index contributed by atoms with van der Waals surface area (Å²) >= 11 is 0. The van der Waals surface area contributed by atoms with Crippen molar-refractivity contribution in [2.75, 3.05) is 18.6 Å². The van der Waals surface area contributed by atoms with E-state index in [0.29, 0.717) is 18.1 Å². The number of methoxy groups -OCH3 is 1. The number of aromatic nitrogens is 2. The highest BCUT2D eigenvalue weighted by atomic mass is 16.5. The molecule has 88 valence electrons. The Hall–Kier alpha value is -1.16. The molecule has 2 heterocycles. The molecule has 0 aliphatic carbocycles. The van der Waals surface area contributed by atoms with Gasteiger partial charge in [0, 0.05) is 32.1 Å². The van der Waals surface area contributed by atoms with Crippen molar-refractivity contribution in [2.24, 2.45) is 5.92 Å². The molecule has 1 aliphatic heterocycles. The van der Waals surface area contributed by atoms with Crippen LogP contribution < -0.4 is 4.90 Å². The predicted molar refractivity (Wildman–Crippen MR) is 63.4 cm³/mol. The molecule has 0 spiro atoms. The van der Waals surface area contributed by atoms with Gasteiger partial charge in [0.25, 0.3) is 0 Å². The molecule has 1 aromatic heterocycles. The minimum atomic E-state index is 0.302. The fourth-order valence-corrected chi connectivity index (χ4v) is 2.30. The van der Waals surface area contributed by atoms with E-state index in [1.165, 1.54) is 0 Å². The van der Waals surface area contributed by atoms with Gasteiger partial charge in [-0.3, -0.25) is 0 Å². The molecule has 16 heavy (non-hydrogen) atoms. The van der Waals surface area contributed by atoms with Gasteiger partial charge < -0.3 is 9.64 Å². The van der Waals surface area contributed by atoms with Crippen LogP contribution in [0.3, 0.4) is 0 Å². The lowest BCUT2D eigenvalue weighted by Crippen LogP contribution is -2.34. The van der Waals surface area contributed by atoms with Crippen LogP contribution in [0.15, 0.2) is 18.5 Å². The SMILES string of the molecule is COC1CC(C(C)C)N(c2ncccn2)C1. The zero-order valence-corrected chi connectivity index (χ0v) is 10.1. The van der Waals surface area contributed by atoms with Crippen molar-refractivity contribution >= 4 is 5.95 Å². The first-order valence-electron chi connectivity index (χ1n) is 5.79. The van der Waals surface area contributed by atoms with Gasteiger partial charge in [-0.1, -0.05) is 13.8 Å². The van der Waals surface area contributed by atoms with E-state index in [0.717, 1.165) is 18.9 Å². The van der Waals surface area contributed by atoms with Crippen molar-refractivity contribution in [3.8, 4) is 0 Å². The van der Waals surface area contributed by atoms with E-state index in [-0.39, 0.29) is 0 Å². The van der Waals surface area contributed by atoms with E-state index in [9.17, 15) is 0 Å². The fraction of sp³-hybridized carbons (Fsp3) is 0.667. The Bertz CT molecular complexity index is 328. The Morgan fingerprint density at radius 2 is 2.06 bits per heavy atom. The Kier molecular flexibility index (Phi) is 3.39. The molecule has 0 aromatic carbocycles. The molecular formula is C12H19N3O. The second-order valence-electron chi connectivity index (χ2n) is 4.61. The number of rotatable bonds is 3. The summed E-state index contributed by atoms with van der Waals surface area (Å²) in [5, 5.41) is 0. The number of anilines is 1. The minimum absolute atomic E-state index is 0.302. The highest BCUT2D eigenvalue weighted by Gasteiger charge is 2.35. The normalized spacial score (nSPS) is 25.4. The second-order valence-corrected chi connectivity index (χ2v) is 4.61. The maximum absolute atomic E-state index is 5.45. The third-order valence-electron chi connectivity index (χ3n) is 3.22. The lowest BCUT2D eigenvalue weighted by atomic mass is 10.0. The topological polar surface area (TPSA) is 38.2 Å². The van der Waals surface area contributed by atoms with Gasteiger partial charge in [0.2, 0.25) is 5.95 Å². The van der Waals surface area contributed by atoms with Crippen LogP contribution in [0.5, 0.6) is 0 Å². The van der Waals surface area contributed by atoms with E-state index >= 15 is 0 Å². The molecular weight excluding hydrogens is 202 g/mol. The molecule has 1 aliphatic rings. The van der Waals surface area contributed by atoms with Gasteiger partial charge in [0.1, 0.15) is 0 Å². The average molecular weight is 221 g/mol. The van der Waals surface area contributed by atoms with E-state index in [2.05, 4.69) is 28.7 Å². The fourth-order valence-electron chi connectivity index (χ4n) is 2.30. The summed E-state index contributed by atoms with van der Waals surface area (Å²) in [4.78, 5) is 10.9. The van der Waals surface area contributed by atoms with Crippen LogP contribution in [0, 0.1) is 5.92 Å². The first kappa shape index (κ1) is 11.3. The third-order valence-corrected chi connectivity index (χ3v) is 3.22. The predicted octanol–water partition coefficient (Wildman–Crippen LogP) is 1.73. The number of ether oxygens (including phenoxy) is 1. The molecule has 0 N–H and O–H groups in total. The lowest BCUT2D eigenvalue weighted by Gasteiger charge is -2.26. The third kappa shape index (κ3) is 2.16. The van der Waals surface area contributed by atoms with Gasteiger partial charge in [-0.25, -0.2) is 9.97 Å². The van der Waals surface area contributed by atoms with Crippen LogP contribution in [0.1, 0.15) is 20.3 Å². The molecule has 2 rings (SSSR count). The summed E-state index contributed by atoms with van der Waals surface area (Å²) in [5.74, 6) is 1.41. The molecule has 4 nitrogen and oxygen atoms in total. The van der Waals surface area contributed by atoms with Gasteiger partial charge in [-0.2, -0.15) is 0 Å². The molecule has 0 amide bonds. The molecule has 2 unspecified atom stereocenters. The van der Waals surface area contributed by atoms with Crippen molar-refractivity contribution in [3.05, 3.63) is 18.5 Å². The van der Waals surface area contributed by atoms with Gasteiger partial charge in [0.15, 0.2) is 0 Å². The Balaban J connectivity index is 2.19. The summed E-state index contributed by atoms with van der Waals surface area (Å²) in [6, 6.07) is 2.32. The minimum Gasteiger partial charge on any atom is -0.380 e. The summed E-state index contributed by atoms with van der Waals surface area (Å²) in [7, 11) is 1.78. The Labute approximate surface area is 96.7 Å². The highest BCUT2D eigenvalue weighted by Crippen LogP contribution is 2.28. The number of hydrogen-bond acceptors (Lipinski definition) is 4. The number of nitrogens with zero attached hydrogens (tertiary/aromatic N) is 3. The molecule has 0 bridgehead atoms. The Morgan fingerprint density at radius 3 is 2.62 bits per heavy atom. The number of hydrogen-bond donors (Lipinski definition) is 0. The summed E-state index contributed by atoms with van der Waals surface area (Å²) in [6.45, 7) is 5.36. The van der Waals surface area contributed by atoms with E-state index < -0.39 is 0 Å². The van der Waals surface area contributed by atoms with Crippen LogP contribution in [-0.4, -0.2) is 35.8 Å². The van der Waals surface area contributed by atoms with Crippen molar-refractivity contribution in [1.82, 2.24) is 9.97 Å². The van der Waals surface area contributed by atoms with E-state index in [1.54, 1.807) is 19.5 Å². The monoisotopic (exact) mass is 221 g/mol. The van der Waals surface area contributed by atoms with Crippen LogP contribution >= 0.6 is 0 Å². The molecule has 0 radical (unpaired) electrons. The zero-order chi connectivity index (χ0) is 11.5. The standard InChI is InChI=1S/C12H19N3O/c1-9(2)11-7-10(16-3)8-15(11)12-13-5-4-6-14-12/h4-6,9-11H,7-8H2,1-3H3. The molecule has 1 aromatic rings. The largest absolute Gasteiger partial charge is 0.380 e. The summed E-state index contributed by atoms with van der Waals surface area (Å²) < 4.78 is 5.45. The van der Waals surface area contributed by atoms with Gasteiger partial charge in [0.05, 0.1) is 6.10 Å². The molecule has 0 saturated carbocycles. The summed E-state index contributed by atoms with van der Waals surface area (Å²) in [5.41, 5.74) is 0. The highest BCUT2D eigenvalue weighted by molar-refractivity contribution is 5.33. The van der Waals surface area contributed by atoms with Crippen molar-refractivity contribution in [3.63, 3.8) is 0 Å². The second kappa shape index (κ2) is 4.78. The van der Waals surface area contributed by atoms with Crippen LogP contribution in [-0.2, 0) is 4.74 Å². The quantitative estimate of drug-likeness (QED) is 0.779. The van der Waals surface area contributed by atoms with Gasteiger partial charge in [-0.15, -0.1) is 0 Å².